The lowest BCUT2D eigenvalue weighted by Crippen LogP contribution is -2.50. The number of amides is 1. The zero-order valence-electron chi connectivity index (χ0n) is 23.1. The Hall–Kier alpha value is -3.22. The van der Waals surface area contributed by atoms with Gasteiger partial charge in [-0.2, -0.15) is 0 Å². The number of carbonyl (C=O) groups excluding carboxylic acids is 1. The maximum absolute atomic E-state index is 13.5. The zero-order valence-corrected chi connectivity index (χ0v) is 23.9. The molecule has 1 amide bonds. The highest BCUT2D eigenvalue weighted by Gasteiger charge is 2.37. The van der Waals surface area contributed by atoms with Crippen LogP contribution in [0.5, 0.6) is 0 Å². The van der Waals surface area contributed by atoms with Crippen molar-refractivity contribution < 1.29 is 4.79 Å². The van der Waals surface area contributed by atoms with Crippen molar-refractivity contribution in [2.24, 2.45) is 5.92 Å². The van der Waals surface area contributed by atoms with Crippen LogP contribution in [0.4, 0.5) is 0 Å². The highest BCUT2D eigenvalue weighted by molar-refractivity contribution is 7.20. The molecule has 0 atom stereocenters. The van der Waals surface area contributed by atoms with Crippen LogP contribution in [0, 0.1) is 19.8 Å². The van der Waals surface area contributed by atoms with Crippen LogP contribution in [0.1, 0.15) is 52.8 Å². The predicted octanol–water partition coefficient (Wildman–Crippen LogP) is 6.70. The summed E-state index contributed by atoms with van der Waals surface area (Å²) in [5.74, 6) is 0.796. The number of H-pyrrole nitrogens is 1. The van der Waals surface area contributed by atoms with Gasteiger partial charge in [0.1, 0.15) is 4.83 Å². The van der Waals surface area contributed by atoms with E-state index in [1.165, 1.54) is 51.7 Å². The normalized spacial score (nSPS) is 18.7. The Morgan fingerprint density at radius 1 is 1.05 bits per heavy atom. The maximum atomic E-state index is 13.5. The fourth-order valence-corrected chi connectivity index (χ4v) is 7.57. The number of aromatic amines is 1. The van der Waals surface area contributed by atoms with Crippen LogP contribution in [0.25, 0.3) is 27.0 Å². The molecule has 2 saturated heterocycles. The van der Waals surface area contributed by atoms with E-state index in [-0.39, 0.29) is 5.91 Å². The molecule has 2 bridgehead atoms. The minimum atomic E-state index is 0.127. The third kappa shape index (κ3) is 5.45. The van der Waals surface area contributed by atoms with Crippen molar-refractivity contribution in [3.63, 3.8) is 0 Å². The Kier molecular flexibility index (Phi) is 7.41. The molecule has 5 heterocycles. The van der Waals surface area contributed by atoms with Crippen LogP contribution in [0.2, 0.25) is 0 Å². The minimum absolute atomic E-state index is 0.127. The molecule has 2 N–H and O–H groups in total. The summed E-state index contributed by atoms with van der Waals surface area (Å²) in [4.78, 5) is 25.6. The third-order valence-electron chi connectivity index (χ3n) is 8.53. The van der Waals surface area contributed by atoms with Gasteiger partial charge in [0.05, 0.1) is 5.69 Å². The fraction of sp³-hybridized carbons (Fsp3) is 0.394. The van der Waals surface area contributed by atoms with E-state index in [9.17, 15) is 4.79 Å². The van der Waals surface area contributed by atoms with Gasteiger partial charge in [-0.1, -0.05) is 23.8 Å². The Morgan fingerprint density at radius 2 is 1.77 bits per heavy atom. The summed E-state index contributed by atoms with van der Waals surface area (Å²) < 4.78 is 0. The molecular formula is C33H38N4OS. The quantitative estimate of drug-likeness (QED) is 0.184. The first-order chi connectivity index (χ1) is 19.0. The molecule has 1 aromatic carbocycles. The van der Waals surface area contributed by atoms with Crippen molar-refractivity contribution in [2.75, 3.05) is 19.6 Å². The third-order valence-corrected chi connectivity index (χ3v) is 9.64. The van der Waals surface area contributed by atoms with E-state index in [2.05, 4.69) is 77.0 Å². The van der Waals surface area contributed by atoms with Gasteiger partial charge in [-0.05, 0) is 118 Å². The van der Waals surface area contributed by atoms with Crippen LogP contribution >= 0.6 is 11.3 Å². The summed E-state index contributed by atoms with van der Waals surface area (Å²) >= 11 is 1.67. The highest BCUT2D eigenvalue weighted by atomic mass is 32.1. The van der Waals surface area contributed by atoms with Gasteiger partial charge < -0.3 is 15.2 Å². The number of pyridine rings is 1. The van der Waals surface area contributed by atoms with Gasteiger partial charge >= 0.3 is 0 Å². The standard InChI is InChI=1S/C33H38N4OS/c1-21-16-22(2)18-26(17-21)31-28(11-15-35-14-10-24-8-12-34-13-9-24)29-19-30(39-32(29)36-31)23(3)33(38)37-20-25-4-6-27(37)7-5-25/h8-9,12-13,16-19,25,27,35-36H,3-7,10-11,14-15,20H2,1-2H3. The van der Waals surface area contributed by atoms with Gasteiger partial charge in [-0.25, -0.2) is 0 Å². The number of aromatic nitrogens is 2. The van der Waals surface area contributed by atoms with E-state index < -0.39 is 0 Å². The van der Waals surface area contributed by atoms with E-state index in [0.29, 0.717) is 17.5 Å². The lowest BCUT2D eigenvalue weighted by atomic mass is 9.79. The smallest absolute Gasteiger partial charge is 0.254 e. The molecule has 0 radical (unpaired) electrons. The molecule has 5 nitrogen and oxygen atoms in total. The summed E-state index contributed by atoms with van der Waals surface area (Å²) in [6.45, 7) is 11.3. The Balaban J connectivity index is 1.24. The number of benzene rings is 1. The van der Waals surface area contributed by atoms with E-state index in [0.717, 1.165) is 55.0 Å². The molecule has 4 aromatic rings. The van der Waals surface area contributed by atoms with E-state index in [1.54, 1.807) is 11.3 Å². The largest absolute Gasteiger partial charge is 0.346 e. The number of piperidine rings is 2. The molecule has 1 saturated carbocycles. The van der Waals surface area contributed by atoms with Gasteiger partial charge in [-0.3, -0.25) is 9.78 Å². The second-order valence-corrected chi connectivity index (χ2v) is 12.5. The SMILES string of the molecule is C=C(C(=O)N1CC2CCC1CC2)c1cc2c(CCNCCc3ccncc3)c(-c3cc(C)cc(C)c3)[nH]c2s1. The second-order valence-electron chi connectivity index (χ2n) is 11.4. The number of aryl methyl sites for hydroxylation is 2. The van der Waals surface area contributed by atoms with Crippen molar-refractivity contribution in [1.29, 1.82) is 0 Å². The van der Waals surface area contributed by atoms with Crippen molar-refractivity contribution in [3.05, 3.63) is 82.5 Å². The van der Waals surface area contributed by atoms with Crippen molar-refractivity contribution in [2.45, 2.75) is 58.4 Å². The fourth-order valence-electron chi connectivity index (χ4n) is 6.52. The molecule has 2 aliphatic heterocycles. The van der Waals surface area contributed by atoms with Gasteiger partial charge in [0.15, 0.2) is 0 Å². The van der Waals surface area contributed by atoms with Crippen molar-refractivity contribution in [3.8, 4) is 11.3 Å². The minimum Gasteiger partial charge on any atom is -0.346 e. The second kappa shape index (κ2) is 11.1. The van der Waals surface area contributed by atoms with Crippen LogP contribution in [-0.4, -0.2) is 46.5 Å². The number of thiophene rings is 1. The Morgan fingerprint density at radius 3 is 2.46 bits per heavy atom. The average molecular weight is 539 g/mol. The van der Waals surface area contributed by atoms with Gasteiger partial charge in [0.2, 0.25) is 0 Å². The van der Waals surface area contributed by atoms with E-state index in [4.69, 9.17) is 0 Å². The van der Waals surface area contributed by atoms with E-state index >= 15 is 0 Å². The van der Waals surface area contributed by atoms with Crippen LogP contribution in [-0.2, 0) is 17.6 Å². The van der Waals surface area contributed by atoms with Crippen LogP contribution in [0.3, 0.4) is 0 Å². The van der Waals surface area contributed by atoms with Crippen LogP contribution < -0.4 is 5.32 Å². The molecule has 7 rings (SSSR count). The topological polar surface area (TPSA) is 61.0 Å². The first-order valence-electron chi connectivity index (χ1n) is 14.3. The molecule has 202 valence electrons. The molecule has 0 unspecified atom stereocenters. The summed E-state index contributed by atoms with van der Waals surface area (Å²) in [5.41, 5.74) is 8.20. The summed E-state index contributed by atoms with van der Waals surface area (Å²) in [6, 6.07) is 13.5. The number of rotatable bonds is 9. The molecule has 1 aliphatic carbocycles. The molecular weight excluding hydrogens is 500 g/mol. The number of carbonyl (C=O) groups is 1. The number of nitrogens with zero attached hydrogens (tertiary/aromatic N) is 2. The molecule has 0 spiro atoms. The zero-order chi connectivity index (χ0) is 26.9. The molecule has 3 fully saturated rings. The number of nitrogens with one attached hydrogen (secondary N) is 2. The number of hydrogen-bond donors (Lipinski definition) is 2. The molecule has 3 aliphatic rings. The highest BCUT2D eigenvalue weighted by Crippen LogP contribution is 2.40. The maximum Gasteiger partial charge on any atom is 0.254 e. The molecule has 6 heteroatoms. The Labute approximate surface area is 235 Å². The monoisotopic (exact) mass is 538 g/mol. The van der Waals surface area contributed by atoms with Crippen molar-refractivity contribution >= 4 is 33.0 Å². The summed E-state index contributed by atoms with van der Waals surface area (Å²) in [6.07, 6.45) is 10.4. The number of fused-ring (bicyclic) bond motifs is 4. The Bertz CT molecular complexity index is 1470. The first kappa shape index (κ1) is 26.0. The van der Waals surface area contributed by atoms with Gasteiger partial charge in [0, 0.05) is 40.8 Å². The molecule has 39 heavy (non-hydrogen) atoms. The molecule has 3 aromatic heterocycles. The van der Waals surface area contributed by atoms with Crippen LogP contribution in [0.15, 0.2) is 55.4 Å². The lowest BCUT2D eigenvalue weighted by molar-refractivity contribution is -0.132. The number of hydrogen-bond acceptors (Lipinski definition) is 4. The summed E-state index contributed by atoms with van der Waals surface area (Å²) in [5, 5.41) is 4.85. The first-order valence-corrected chi connectivity index (χ1v) is 15.1. The lowest BCUT2D eigenvalue weighted by Gasteiger charge is -2.45. The summed E-state index contributed by atoms with van der Waals surface area (Å²) in [7, 11) is 0. The van der Waals surface area contributed by atoms with Gasteiger partial charge in [0.25, 0.3) is 5.91 Å². The predicted molar refractivity (Wildman–Crippen MR) is 162 cm³/mol. The van der Waals surface area contributed by atoms with Gasteiger partial charge in [-0.15, -0.1) is 11.3 Å². The average Bonchev–Trinajstić information content (AvgIpc) is 3.51. The van der Waals surface area contributed by atoms with Crippen molar-refractivity contribution in [1.82, 2.24) is 20.2 Å². The van der Waals surface area contributed by atoms with E-state index in [1.807, 2.05) is 12.4 Å².